The zero-order valence-corrected chi connectivity index (χ0v) is 58.7. The van der Waals surface area contributed by atoms with Crippen molar-refractivity contribution >= 4 is 23.8 Å². The van der Waals surface area contributed by atoms with E-state index in [1.807, 2.05) is 0 Å². The molecule has 0 aliphatic carbocycles. The fourth-order valence-electron chi connectivity index (χ4n) is 12.2. The van der Waals surface area contributed by atoms with Gasteiger partial charge in [-0.1, -0.05) is 35.4 Å². The van der Waals surface area contributed by atoms with Gasteiger partial charge in [-0.15, -0.1) is 0 Å². The Hall–Kier alpha value is -8.54. The number of benzene rings is 4. The lowest BCUT2D eigenvalue weighted by Crippen LogP contribution is -2.42. The molecule has 2 amide bonds. The normalized spacial score (nSPS) is 13.7. The van der Waals surface area contributed by atoms with Gasteiger partial charge in [-0.3, -0.25) is 28.8 Å². The standard InChI is InChI=1S/C37H43F8N3O4.C35H39F8N3O4/c1-9-52-31(50)17-28(25-14-24(15-27(33(25)38)37(43,44)45)32-21(3)12-20(2)13-22(32)4)46-34(51)29(18-35(5,6)39)48-19-23(10-11-47(7)8)26(16-30(48)49)36(40,41)42;1-18-10-19(2)30(20(3)11-18)22-12-23(31(36)25(13-22)35(41,42)43)26(15-29(48)49)44-32(50)27(16-33(4,5)37)46-17-21(8-9-45(6)7)24(14-28(46)47)34(38,39)40/h12-16,19,28-29H,9-11,17-18H2,1-8H3,(H,46,51);10-14,17,26-27H,8-9,15-16H2,1-7H3,(H,44,50)(H,48,49)/t28-,29?;26-,27?/m00/s1. The van der Waals surface area contributed by atoms with Crippen LogP contribution < -0.4 is 21.8 Å². The Balaban J connectivity index is 0.000000367. The lowest BCUT2D eigenvalue weighted by molar-refractivity contribution is -0.144. The van der Waals surface area contributed by atoms with Gasteiger partial charge in [0.2, 0.25) is 11.8 Å². The summed E-state index contributed by atoms with van der Waals surface area (Å²) in [5.74, 6) is -8.95. The van der Waals surface area contributed by atoms with Crippen molar-refractivity contribution in [2.75, 3.05) is 47.9 Å². The number of aliphatic carboxylic acids is 1. The highest BCUT2D eigenvalue weighted by Crippen LogP contribution is 2.44. The van der Waals surface area contributed by atoms with Crippen LogP contribution in [0.1, 0.15) is 162 Å². The Morgan fingerprint density at radius 2 is 0.804 bits per heavy atom. The van der Waals surface area contributed by atoms with Gasteiger partial charge in [0.1, 0.15) is 35.1 Å². The molecule has 0 fully saturated rings. The van der Waals surface area contributed by atoms with E-state index in [1.165, 1.54) is 6.92 Å². The molecule has 30 heteroatoms. The molecule has 0 spiro atoms. The molecule has 4 atom stereocenters. The number of hydrogen-bond donors (Lipinski definition) is 3. The van der Waals surface area contributed by atoms with Gasteiger partial charge in [-0.2, -0.15) is 52.7 Å². The Kier molecular flexibility index (Phi) is 27.1. The summed E-state index contributed by atoms with van der Waals surface area (Å²) in [4.78, 5) is 82.2. The largest absolute Gasteiger partial charge is 0.481 e. The Bertz CT molecular complexity index is 4130. The average Bonchev–Trinajstić information content (AvgIpc) is 0.781. The number of pyridine rings is 2. The molecule has 0 aliphatic heterocycles. The number of carbonyl (C=O) groups excluding carboxylic acids is 3. The molecule has 0 radical (unpaired) electrons. The fourth-order valence-corrected chi connectivity index (χ4v) is 12.2. The SMILES string of the molecule is CCOC(=O)C[C@H](NC(=O)C(CC(C)(C)F)n1cc(CCN(C)C)c(C(F)(F)F)cc1=O)c1cc(-c2c(C)cc(C)cc2C)cc(C(F)(F)F)c1F.Cc1cc(C)c(-c2cc([C@H](CC(=O)O)NC(=O)C(CC(C)(C)F)n3cc(CCN(C)C)c(C(F)(F)F)cc3=O)c(F)c(C(F)(F)F)c2)c(C)c1. The van der Waals surface area contributed by atoms with E-state index in [0.717, 1.165) is 63.3 Å². The molecular formula is C72H82F16N6O8. The van der Waals surface area contributed by atoms with Crippen molar-refractivity contribution in [3.05, 3.63) is 183 Å². The number of carboxylic acids is 1. The molecule has 6 rings (SSSR count). The van der Waals surface area contributed by atoms with Crippen LogP contribution in [0.3, 0.4) is 0 Å². The summed E-state index contributed by atoms with van der Waals surface area (Å²) in [6, 6.07) is 2.96. The molecule has 4 aromatic carbocycles. The molecule has 0 saturated heterocycles. The molecule has 2 aromatic heterocycles. The van der Waals surface area contributed by atoms with Crippen molar-refractivity contribution in [1.82, 2.24) is 29.6 Å². The Morgan fingerprint density at radius 3 is 1.08 bits per heavy atom. The predicted molar refractivity (Wildman–Crippen MR) is 351 cm³/mol. The number of nitrogens with one attached hydrogen (secondary N) is 2. The second-order valence-corrected chi connectivity index (χ2v) is 27.0. The maximum Gasteiger partial charge on any atom is 0.419 e. The minimum Gasteiger partial charge on any atom is -0.481 e. The van der Waals surface area contributed by atoms with Gasteiger partial charge in [0.05, 0.1) is 53.8 Å². The van der Waals surface area contributed by atoms with Crippen molar-refractivity contribution in [1.29, 1.82) is 0 Å². The van der Waals surface area contributed by atoms with Crippen LogP contribution in [0.25, 0.3) is 22.3 Å². The van der Waals surface area contributed by atoms with Crippen LogP contribution in [0.15, 0.2) is 82.6 Å². The smallest absolute Gasteiger partial charge is 0.419 e. The number of carbonyl (C=O) groups is 4. The molecule has 0 aliphatic rings. The van der Waals surface area contributed by atoms with E-state index in [1.54, 1.807) is 104 Å². The number of rotatable bonds is 25. The second-order valence-electron chi connectivity index (χ2n) is 27.0. The first-order valence-corrected chi connectivity index (χ1v) is 31.9. The van der Waals surface area contributed by atoms with E-state index in [9.17, 15) is 86.6 Å². The van der Waals surface area contributed by atoms with Gasteiger partial charge in [-0.05, 0) is 197 Å². The summed E-state index contributed by atoms with van der Waals surface area (Å²) in [6.45, 7) is 15.7. The topological polar surface area (TPSA) is 172 Å². The monoisotopic (exact) mass is 1460 g/mol. The molecule has 2 heterocycles. The Morgan fingerprint density at radius 1 is 0.490 bits per heavy atom. The van der Waals surface area contributed by atoms with E-state index >= 15 is 17.6 Å². The molecule has 14 nitrogen and oxygen atoms in total. The quantitative estimate of drug-likeness (QED) is 0.0370. The number of esters is 1. The molecule has 560 valence electrons. The van der Waals surface area contributed by atoms with Crippen LogP contribution in [0.4, 0.5) is 70.2 Å². The minimum absolute atomic E-state index is 0.0761. The van der Waals surface area contributed by atoms with Crippen molar-refractivity contribution in [3.8, 4) is 22.3 Å². The van der Waals surface area contributed by atoms with Crippen LogP contribution in [-0.4, -0.2) is 107 Å². The predicted octanol–water partition coefficient (Wildman–Crippen LogP) is 15.9. The zero-order valence-electron chi connectivity index (χ0n) is 58.7. The summed E-state index contributed by atoms with van der Waals surface area (Å²) in [5.41, 5.74) is -11.2. The van der Waals surface area contributed by atoms with Crippen molar-refractivity contribution < 1.29 is 99.3 Å². The third-order valence-electron chi connectivity index (χ3n) is 16.4. The zero-order chi connectivity index (χ0) is 77.6. The molecule has 102 heavy (non-hydrogen) atoms. The Labute approximate surface area is 579 Å². The van der Waals surface area contributed by atoms with Crippen molar-refractivity contribution in [2.24, 2.45) is 0 Å². The molecule has 3 N–H and O–H groups in total. The van der Waals surface area contributed by atoms with Crippen molar-refractivity contribution in [3.63, 3.8) is 0 Å². The highest BCUT2D eigenvalue weighted by molar-refractivity contribution is 5.84. The lowest BCUT2D eigenvalue weighted by Gasteiger charge is -2.29. The minimum atomic E-state index is -5.25. The second kappa shape index (κ2) is 32.8. The van der Waals surface area contributed by atoms with E-state index in [4.69, 9.17) is 4.74 Å². The highest BCUT2D eigenvalue weighted by atomic mass is 19.4. The summed E-state index contributed by atoms with van der Waals surface area (Å²) in [5, 5.41) is 14.2. The molecular weight excluding hydrogens is 1380 g/mol. The number of nitrogens with zero attached hydrogens (tertiary/aromatic N) is 4. The van der Waals surface area contributed by atoms with E-state index < -0.39 is 171 Å². The average molecular weight is 1460 g/mol. The summed E-state index contributed by atoms with van der Waals surface area (Å²) >= 11 is 0. The molecule has 6 aromatic rings. The molecule has 0 bridgehead atoms. The summed E-state index contributed by atoms with van der Waals surface area (Å²) < 4.78 is 238. The first-order chi connectivity index (χ1) is 46.6. The van der Waals surface area contributed by atoms with Crippen LogP contribution in [0.2, 0.25) is 0 Å². The molecule has 0 saturated carbocycles. The van der Waals surface area contributed by atoms with E-state index in [0.29, 0.717) is 54.6 Å². The maximum absolute atomic E-state index is 16.0. The number of hydrogen-bond acceptors (Lipinski definition) is 9. The highest BCUT2D eigenvalue weighted by Gasteiger charge is 2.43. The number of alkyl halides is 14. The van der Waals surface area contributed by atoms with Gasteiger partial charge in [-0.25, -0.2) is 17.6 Å². The number of aromatic nitrogens is 2. The first-order valence-electron chi connectivity index (χ1n) is 31.9. The number of amides is 2. The first kappa shape index (κ1) is 84.1. The third kappa shape index (κ3) is 22.5. The van der Waals surface area contributed by atoms with Gasteiger partial charge < -0.3 is 39.4 Å². The van der Waals surface area contributed by atoms with Gasteiger partial charge in [0.25, 0.3) is 11.1 Å². The molecule has 2 unspecified atom stereocenters. The van der Waals surface area contributed by atoms with Crippen LogP contribution in [0, 0.1) is 53.2 Å². The van der Waals surface area contributed by atoms with Gasteiger partial charge >= 0.3 is 36.6 Å². The van der Waals surface area contributed by atoms with Crippen LogP contribution >= 0.6 is 0 Å². The maximum atomic E-state index is 16.0. The third-order valence-corrected chi connectivity index (χ3v) is 16.4. The van der Waals surface area contributed by atoms with Gasteiger partial charge in [0.15, 0.2) is 0 Å². The number of ether oxygens (including phenoxy) is 1. The van der Waals surface area contributed by atoms with Crippen LogP contribution in [0.5, 0.6) is 0 Å². The number of carboxylic acid groups (broad SMARTS) is 1. The van der Waals surface area contributed by atoms with E-state index in [2.05, 4.69) is 10.6 Å². The number of aryl methyl sites for hydroxylation is 6. The number of halogens is 16. The van der Waals surface area contributed by atoms with E-state index in [-0.39, 0.29) is 61.4 Å². The fraction of sp³-hybridized carbons (Fsp3) is 0.472. The number of likely N-dealkylation sites (N-methyl/N-ethyl adjacent to an activating group) is 2. The summed E-state index contributed by atoms with van der Waals surface area (Å²) in [6.07, 6.45) is -22.9. The lowest BCUT2D eigenvalue weighted by atomic mass is 9.89. The van der Waals surface area contributed by atoms with Crippen LogP contribution in [-0.2, 0) is 61.5 Å². The summed E-state index contributed by atoms with van der Waals surface area (Å²) in [7, 11) is 6.39. The van der Waals surface area contributed by atoms with Crippen molar-refractivity contribution in [2.45, 2.75) is 175 Å². The van der Waals surface area contributed by atoms with Gasteiger partial charge in [0, 0.05) is 61.6 Å².